The van der Waals surface area contributed by atoms with Gasteiger partial charge in [0.1, 0.15) is 17.3 Å². The second-order valence-electron chi connectivity index (χ2n) is 7.91. The summed E-state index contributed by atoms with van der Waals surface area (Å²) in [5.41, 5.74) is 4.67. The summed E-state index contributed by atoms with van der Waals surface area (Å²) in [6.45, 7) is 6.43. The van der Waals surface area contributed by atoms with Gasteiger partial charge < -0.3 is 19.4 Å². The van der Waals surface area contributed by atoms with Gasteiger partial charge >= 0.3 is 0 Å². The van der Waals surface area contributed by atoms with Crippen LogP contribution in [0.25, 0.3) is 0 Å². The minimum Gasteiger partial charge on any atom is -0.493 e. The summed E-state index contributed by atoms with van der Waals surface area (Å²) < 4.78 is 40.1. The molecule has 3 rings (SSSR count). The van der Waals surface area contributed by atoms with E-state index in [0.717, 1.165) is 34.9 Å². The second-order valence-corrected chi connectivity index (χ2v) is 7.91. The maximum atomic E-state index is 14.3. The highest BCUT2D eigenvalue weighted by Crippen LogP contribution is 2.28. The number of hydrogen-bond acceptors (Lipinski definition) is 3. The Morgan fingerprint density at radius 1 is 1.03 bits per heavy atom. The Labute approximate surface area is 193 Å². The van der Waals surface area contributed by atoms with Gasteiger partial charge in [0, 0.05) is 23.9 Å². The first-order valence-corrected chi connectivity index (χ1v) is 10.9. The third kappa shape index (κ3) is 5.18. The van der Waals surface area contributed by atoms with Crippen LogP contribution in [0, 0.1) is 25.5 Å². The number of hydrogen-bond donors (Lipinski definition) is 1. The summed E-state index contributed by atoms with van der Waals surface area (Å²) in [5.74, 6) is -0.194. The predicted molar refractivity (Wildman–Crippen MR) is 124 cm³/mol. The van der Waals surface area contributed by atoms with Gasteiger partial charge in [-0.3, -0.25) is 4.79 Å². The van der Waals surface area contributed by atoms with E-state index in [-0.39, 0.29) is 12.5 Å². The zero-order valence-corrected chi connectivity index (χ0v) is 19.7. The topological polar surface area (TPSA) is 52.5 Å². The summed E-state index contributed by atoms with van der Waals surface area (Å²) in [6.07, 6.45) is 1.36. The Bertz CT molecular complexity index is 1150. The third-order valence-corrected chi connectivity index (χ3v) is 5.98. The third-order valence-electron chi connectivity index (χ3n) is 5.98. The number of carbonyl (C=O) groups is 1. The zero-order chi connectivity index (χ0) is 24.1. The molecule has 0 bridgehead atoms. The summed E-state index contributed by atoms with van der Waals surface area (Å²) in [7, 11) is 3.16. The molecule has 1 heterocycles. The van der Waals surface area contributed by atoms with E-state index in [2.05, 4.69) is 5.32 Å². The molecule has 5 nitrogen and oxygen atoms in total. The standard InChI is InChI=1S/C26H30F2N2O3/c1-6-21-16(2)25(30(17(21)3)15-19-8-9-20(27)14-22(19)28)26(31)29-12-11-18-7-10-23(32-4)24(13-18)33-5/h7-10,13-14H,6,11-12,15H2,1-5H3,(H,29,31). The largest absolute Gasteiger partial charge is 0.493 e. The molecule has 0 saturated heterocycles. The Morgan fingerprint density at radius 3 is 2.39 bits per heavy atom. The average molecular weight is 457 g/mol. The van der Waals surface area contributed by atoms with Crippen molar-refractivity contribution in [1.29, 1.82) is 0 Å². The lowest BCUT2D eigenvalue weighted by Gasteiger charge is -2.14. The van der Waals surface area contributed by atoms with E-state index in [9.17, 15) is 13.6 Å². The van der Waals surface area contributed by atoms with E-state index in [0.29, 0.717) is 35.7 Å². The lowest BCUT2D eigenvalue weighted by molar-refractivity contribution is 0.0944. The van der Waals surface area contributed by atoms with E-state index in [4.69, 9.17) is 9.47 Å². The SMILES string of the molecule is CCc1c(C)c(C(=O)NCCc2ccc(OC)c(OC)c2)n(Cc2ccc(F)cc2F)c1C. The smallest absolute Gasteiger partial charge is 0.268 e. The number of methoxy groups -OCH3 is 2. The molecule has 2 aromatic carbocycles. The number of nitrogens with zero attached hydrogens (tertiary/aromatic N) is 1. The second kappa shape index (κ2) is 10.5. The van der Waals surface area contributed by atoms with Crippen LogP contribution < -0.4 is 14.8 Å². The Morgan fingerprint density at radius 2 is 1.76 bits per heavy atom. The molecule has 0 spiro atoms. The van der Waals surface area contributed by atoms with Crippen molar-refractivity contribution in [2.45, 2.75) is 40.2 Å². The van der Waals surface area contributed by atoms with Crippen LogP contribution in [0.1, 0.15) is 45.4 Å². The van der Waals surface area contributed by atoms with Crippen LogP contribution in [0.5, 0.6) is 11.5 Å². The van der Waals surface area contributed by atoms with Crippen LogP contribution in [-0.2, 0) is 19.4 Å². The minimum atomic E-state index is -0.626. The first-order valence-electron chi connectivity index (χ1n) is 10.9. The van der Waals surface area contributed by atoms with Crippen LogP contribution >= 0.6 is 0 Å². The van der Waals surface area contributed by atoms with Crippen LogP contribution in [-0.4, -0.2) is 31.2 Å². The Balaban J connectivity index is 1.81. The maximum absolute atomic E-state index is 14.3. The first-order chi connectivity index (χ1) is 15.8. The normalized spacial score (nSPS) is 10.9. The van der Waals surface area contributed by atoms with Crippen molar-refractivity contribution in [3.63, 3.8) is 0 Å². The van der Waals surface area contributed by atoms with Crippen molar-refractivity contribution < 1.29 is 23.0 Å². The predicted octanol–water partition coefficient (Wildman–Crippen LogP) is 4.98. The fraction of sp³-hybridized carbons (Fsp3) is 0.346. The van der Waals surface area contributed by atoms with Crippen molar-refractivity contribution in [3.05, 3.63) is 81.7 Å². The van der Waals surface area contributed by atoms with Gasteiger partial charge in [-0.15, -0.1) is 0 Å². The number of nitrogens with one attached hydrogen (secondary N) is 1. The fourth-order valence-corrected chi connectivity index (χ4v) is 4.22. The molecule has 176 valence electrons. The molecule has 0 aliphatic rings. The van der Waals surface area contributed by atoms with Gasteiger partial charge in [-0.2, -0.15) is 0 Å². The summed E-state index contributed by atoms with van der Waals surface area (Å²) in [4.78, 5) is 13.2. The number of benzene rings is 2. The number of amides is 1. The summed E-state index contributed by atoms with van der Waals surface area (Å²) in [6, 6.07) is 9.16. The van der Waals surface area contributed by atoms with E-state index in [1.54, 1.807) is 14.2 Å². The lowest BCUT2D eigenvalue weighted by Crippen LogP contribution is -2.29. The van der Waals surface area contributed by atoms with Crippen LogP contribution in [0.4, 0.5) is 8.78 Å². The van der Waals surface area contributed by atoms with Crippen molar-refractivity contribution in [2.24, 2.45) is 0 Å². The molecule has 0 aliphatic carbocycles. The number of ether oxygens (including phenoxy) is 2. The van der Waals surface area contributed by atoms with Gasteiger partial charge in [0.2, 0.25) is 0 Å². The first kappa shape index (κ1) is 24.3. The maximum Gasteiger partial charge on any atom is 0.268 e. The van der Waals surface area contributed by atoms with Crippen LogP contribution in [0.15, 0.2) is 36.4 Å². The van der Waals surface area contributed by atoms with E-state index >= 15 is 0 Å². The summed E-state index contributed by atoms with van der Waals surface area (Å²) in [5, 5.41) is 2.98. The molecule has 0 fully saturated rings. The van der Waals surface area contributed by atoms with Crippen molar-refractivity contribution in [3.8, 4) is 11.5 Å². The lowest BCUT2D eigenvalue weighted by atomic mass is 10.1. The highest BCUT2D eigenvalue weighted by molar-refractivity contribution is 5.95. The number of halogens is 2. The number of aromatic nitrogens is 1. The van der Waals surface area contributed by atoms with Gasteiger partial charge in [0.05, 0.1) is 20.8 Å². The molecule has 0 unspecified atom stereocenters. The molecule has 1 amide bonds. The molecule has 1 aromatic heterocycles. The molecule has 0 radical (unpaired) electrons. The van der Waals surface area contributed by atoms with Gasteiger partial charge in [-0.25, -0.2) is 8.78 Å². The molecule has 1 N–H and O–H groups in total. The highest BCUT2D eigenvalue weighted by Gasteiger charge is 2.22. The molecule has 33 heavy (non-hydrogen) atoms. The molecule has 0 aliphatic heterocycles. The van der Waals surface area contributed by atoms with Gasteiger partial charge in [-0.1, -0.05) is 19.1 Å². The number of carbonyl (C=O) groups excluding carboxylic acids is 1. The fourth-order valence-electron chi connectivity index (χ4n) is 4.22. The van der Waals surface area contributed by atoms with E-state index < -0.39 is 11.6 Å². The molecular weight excluding hydrogens is 426 g/mol. The Kier molecular flexibility index (Phi) is 7.74. The number of rotatable bonds is 9. The van der Waals surface area contributed by atoms with Crippen LogP contribution in [0.3, 0.4) is 0 Å². The van der Waals surface area contributed by atoms with Gasteiger partial charge in [-0.05, 0) is 61.6 Å². The van der Waals surface area contributed by atoms with E-state index in [1.807, 2.05) is 43.5 Å². The molecule has 0 atom stereocenters. The molecule has 0 saturated carbocycles. The molecular formula is C26H30F2N2O3. The van der Waals surface area contributed by atoms with Crippen molar-refractivity contribution in [2.75, 3.05) is 20.8 Å². The minimum absolute atomic E-state index is 0.150. The van der Waals surface area contributed by atoms with E-state index in [1.165, 1.54) is 12.1 Å². The van der Waals surface area contributed by atoms with Gasteiger partial charge in [0.25, 0.3) is 5.91 Å². The molecule has 3 aromatic rings. The van der Waals surface area contributed by atoms with Crippen molar-refractivity contribution >= 4 is 5.91 Å². The summed E-state index contributed by atoms with van der Waals surface area (Å²) >= 11 is 0. The highest BCUT2D eigenvalue weighted by atomic mass is 19.1. The van der Waals surface area contributed by atoms with Crippen LogP contribution in [0.2, 0.25) is 0 Å². The zero-order valence-electron chi connectivity index (χ0n) is 19.7. The Hall–Kier alpha value is -3.35. The quantitative estimate of drug-likeness (QED) is 0.494. The van der Waals surface area contributed by atoms with Crippen molar-refractivity contribution in [1.82, 2.24) is 9.88 Å². The monoisotopic (exact) mass is 456 g/mol. The van der Waals surface area contributed by atoms with Gasteiger partial charge in [0.15, 0.2) is 11.5 Å². The molecule has 7 heteroatoms. The average Bonchev–Trinajstić information content (AvgIpc) is 3.03.